The van der Waals surface area contributed by atoms with Crippen LogP contribution in [0.5, 0.6) is 0 Å². The average molecular weight is 377 g/mol. The molecular formula is C23H46F2O. The van der Waals surface area contributed by atoms with Gasteiger partial charge in [-0.25, -0.2) is 8.78 Å². The lowest BCUT2D eigenvalue weighted by molar-refractivity contribution is 0.0103. The van der Waals surface area contributed by atoms with Gasteiger partial charge in [0.1, 0.15) is 0 Å². The van der Waals surface area contributed by atoms with Crippen molar-refractivity contribution in [3.63, 3.8) is 0 Å². The third-order valence-electron chi connectivity index (χ3n) is 4.87. The summed E-state index contributed by atoms with van der Waals surface area (Å²) in [4.78, 5) is 0. The molecule has 0 aliphatic heterocycles. The molecule has 158 valence electrons. The first kappa shape index (κ1) is 25.8. The normalized spacial score (nSPS) is 12.7. The molecule has 0 fully saturated rings. The van der Waals surface area contributed by atoms with Crippen LogP contribution in [-0.2, 0) is 4.74 Å². The number of halogens is 2. The van der Waals surface area contributed by atoms with Crippen LogP contribution in [0.25, 0.3) is 0 Å². The molecule has 0 aliphatic carbocycles. The van der Waals surface area contributed by atoms with Crippen molar-refractivity contribution in [2.75, 3.05) is 13.2 Å². The number of unbranched alkanes of at least 4 members (excludes halogenated alkanes) is 11. The quantitative estimate of drug-likeness (QED) is 0.218. The minimum atomic E-state index is -2.47. The summed E-state index contributed by atoms with van der Waals surface area (Å²) in [6.07, 6.45) is 16.8. The van der Waals surface area contributed by atoms with E-state index in [4.69, 9.17) is 4.74 Å². The fraction of sp³-hybridized carbons (Fsp3) is 1.00. The first-order chi connectivity index (χ1) is 12.2. The van der Waals surface area contributed by atoms with E-state index in [2.05, 4.69) is 20.8 Å². The van der Waals surface area contributed by atoms with Crippen molar-refractivity contribution in [3.8, 4) is 0 Å². The Balaban J connectivity index is 3.07. The number of ether oxygens (including phenoxy) is 1. The number of hydrogen-bond donors (Lipinski definition) is 0. The molecule has 0 rings (SSSR count). The fourth-order valence-corrected chi connectivity index (χ4v) is 3.21. The topological polar surface area (TPSA) is 9.23 Å². The minimum absolute atomic E-state index is 0.0506. The average Bonchev–Trinajstić information content (AvgIpc) is 2.51. The molecule has 0 N–H and O–H groups in total. The van der Waals surface area contributed by atoms with Gasteiger partial charge in [-0.2, -0.15) is 0 Å². The van der Waals surface area contributed by atoms with Crippen molar-refractivity contribution >= 4 is 0 Å². The minimum Gasteiger partial charge on any atom is -0.381 e. The molecule has 0 aliphatic rings. The molecular weight excluding hydrogens is 330 g/mol. The van der Waals surface area contributed by atoms with Crippen LogP contribution in [0.1, 0.15) is 124 Å². The van der Waals surface area contributed by atoms with E-state index in [9.17, 15) is 8.78 Å². The Morgan fingerprint density at radius 1 is 0.500 bits per heavy atom. The van der Waals surface area contributed by atoms with Gasteiger partial charge in [0.2, 0.25) is 5.92 Å². The lowest BCUT2D eigenvalue weighted by Gasteiger charge is -2.17. The number of rotatable bonds is 18. The maximum atomic E-state index is 12.6. The second kappa shape index (κ2) is 15.8. The van der Waals surface area contributed by atoms with E-state index >= 15 is 0 Å². The molecule has 3 heteroatoms. The van der Waals surface area contributed by atoms with Crippen LogP contribution in [0.3, 0.4) is 0 Å². The van der Waals surface area contributed by atoms with E-state index in [0.717, 1.165) is 33.0 Å². The molecule has 0 heterocycles. The molecule has 0 unspecified atom stereocenters. The second-order valence-electron chi connectivity index (χ2n) is 9.34. The van der Waals surface area contributed by atoms with Crippen LogP contribution in [0.15, 0.2) is 0 Å². The van der Waals surface area contributed by atoms with Gasteiger partial charge in [0.05, 0.1) is 0 Å². The van der Waals surface area contributed by atoms with E-state index in [1.54, 1.807) is 0 Å². The van der Waals surface area contributed by atoms with Crippen molar-refractivity contribution in [1.82, 2.24) is 0 Å². The zero-order chi connectivity index (χ0) is 19.7. The standard InChI is InChI=1S/C23H46F2O/c1-22(2,3)18-17-21-26-20-16-14-12-10-8-6-5-7-9-11-13-15-19-23(4,24)25/h5-21H2,1-4H3. The van der Waals surface area contributed by atoms with Gasteiger partial charge >= 0.3 is 0 Å². The van der Waals surface area contributed by atoms with Crippen LogP contribution >= 0.6 is 0 Å². The summed E-state index contributed by atoms with van der Waals surface area (Å²) in [5, 5.41) is 0. The summed E-state index contributed by atoms with van der Waals surface area (Å²) in [6.45, 7) is 9.71. The SMILES string of the molecule is CC(C)(C)CCCOCCCCCCCCCCCCCCC(C)(F)F. The first-order valence-corrected chi connectivity index (χ1v) is 11.2. The Bertz CT molecular complexity index is 262. The van der Waals surface area contributed by atoms with Gasteiger partial charge in [-0.15, -0.1) is 0 Å². The third kappa shape index (κ3) is 23.8. The van der Waals surface area contributed by atoms with Gasteiger partial charge in [0.15, 0.2) is 0 Å². The molecule has 0 aromatic carbocycles. The molecule has 0 radical (unpaired) electrons. The highest BCUT2D eigenvalue weighted by Gasteiger charge is 2.19. The van der Waals surface area contributed by atoms with E-state index in [1.165, 1.54) is 70.6 Å². The summed E-state index contributed by atoms with van der Waals surface area (Å²) in [5.74, 6) is -2.47. The van der Waals surface area contributed by atoms with E-state index in [0.29, 0.717) is 11.8 Å². The molecule has 26 heavy (non-hydrogen) atoms. The predicted molar refractivity (Wildman–Crippen MR) is 110 cm³/mol. The molecule has 0 spiro atoms. The Morgan fingerprint density at radius 3 is 1.31 bits per heavy atom. The Kier molecular flexibility index (Phi) is 15.7. The molecule has 0 aromatic heterocycles. The Hall–Kier alpha value is -0.180. The number of alkyl halides is 2. The van der Waals surface area contributed by atoms with Crippen LogP contribution in [-0.4, -0.2) is 19.1 Å². The highest BCUT2D eigenvalue weighted by molar-refractivity contribution is 4.60. The van der Waals surface area contributed by atoms with Gasteiger partial charge in [0, 0.05) is 19.6 Å². The molecule has 0 amide bonds. The van der Waals surface area contributed by atoms with Gasteiger partial charge < -0.3 is 4.74 Å². The van der Waals surface area contributed by atoms with Crippen LogP contribution in [0.4, 0.5) is 8.78 Å². The van der Waals surface area contributed by atoms with E-state index in [1.807, 2.05) is 0 Å². The Morgan fingerprint density at radius 2 is 0.885 bits per heavy atom. The van der Waals surface area contributed by atoms with Gasteiger partial charge in [-0.3, -0.25) is 0 Å². The lowest BCUT2D eigenvalue weighted by Crippen LogP contribution is -2.08. The number of hydrogen-bond acceptors (Lipinski definition) is 1. The first-order valence-electron chi connectivity index (χ1n) is 11.2. The smallest absolute Gasteiger partial charge is 0.245 e. The van der Waals surface area contributed by atoms with Gasteiger partial charge in [-0.05, 0) is 38.0 Å². The van der Waals surface area contributed by atoms with Crippen molar-refractivity contribution in [2.24, 2.45) is 5.41 Å². The van der Waals surface area contributed by atoms with Crippen LogP contribution < -0.4 is 0 Å². The highest BCUT2D eigenvalue weighted by atomic mass is 19.3. The van der Waals surface area contributed by atoms with Crippen LogP contribution in [0.2, 0.25) is 0 Å². The molecule has 0 saturated carbocycles. The zero-order valence-corrected chi connectivity index (χ0v) is 18.2. The third-order valence-corrected chi connectivity index (χ3v) is 4.87. The van der Waals surface area contributed by atoms with E-state index in [-0.39, 0.29) is 6.42 Å². The largest absolute Gasteiger partial charge is 0.381 e. The second-order valence-corrected chi connectivity index (χ2v) is 9.34. The maximum absolute atomic E-state index is 12.6. The summed E-state index contributed by atoms with van der Waals surface area (Å²) in [7, 11) is 0. The molecule has 0 bridgehead atoms. The summed E-state index contributed by atoms with van der Waals surface area (Å²) in [6, 6.07) is 0. The van der Waals surface area contributed by atoms with Crippen molar-refractivity contribution < 1.29 is 13.5 Å². The van der Waals surface area contributed by atoms with Crippen molar-refractivity contribution in [2.45, 2.75) is 130 Å². The van der Waals surface area contributed by atoms with E-state index < -0.39 is 5.92 Å². The lowest BCUT2D eigenvalue weighted by atomic mass is 9.91. The zero-order valence-electron chi connectivity index (χ0n) is 18.2. The summed E-state index contributed by atoms with van der Waals surface area (Å²) in [5.41, 5.74) is 0.427. The van der Waals surface area contributed by atoms with Crippen molar-refractivity contribution in [3.05, 3.63) is 0 Å². The predicted octanol–water partition coefficient (Wildman–Crippen LogP) is 8.56. The molecule has 0 atom stereocenters. The molecule has 1 nitrogen and oxygen atoms in total. The maximum Gasteiger partial charge on any atom is 0.245 e. The summed E-state index contributed by atoms with van der Waals surface area (Å²) < 4.78 is 31.0. The monoisotopic (exact) mass is 376 g/mol. The molecule has 0 saturated heterocycles. The van der Waals surface area contributed by atoms with Gasteiger partial charge in [-0.1, -0.05) is 85.0 Å². The van der Waals surface area contributed by atoms with Gasteiger partial charge in [0.25, 0.3) is 0 Å². The Labute approximate surface area is 162 Å². The molecule has 0 aromatic rings. The summed E-state index contributed by atoms with van der Waals surface area (Å²) >= 11 is 0. The highest BCUT2D eigenvalue weighted by Crippen LogP contribution is 2.21. The van der Waals surface area contributed by atoms with Crippen LogP contribution in [0, 0.1) is 5.41 Å². The fourth-order valence-electron chi connectivity index (χ4n) is 3.21. The van der Waals surface area contributed by atoms with Crippen molar-refractivity contribution in [1.29, 1.82) is 0 Å².